The number of piperidine rings is 1. The second-order valence-electron chi connectivity index (χ2n) is 6.85. The van der Waals surface area contributed by atoms with Gasteiger partial charge in [-0.05, 0) is 37.5 Å². The normalized spacial score (nSPS) is 19.2. The third-order valence-corrected chi connectivity index (χ3v) is 5.08. The molecule has 2 aliphatic rings. The van der Waals surface area contributed by atoms with E-state index in [4.69, 9.17) is 4.98 Å². The van der Waals surface area contributed by atoms with Gasteiger partial charge in [0.05, 0.1) is 5.69 Å². The maximum absolute atomic E-state index is 4.84. The van der Waals surface area contributed by atoms with Crippen molar-refractivity contribution in [2.75, 3.05) is 49.1 Å². The number of aromatic nitrogens is 3. The van der Waals surface area contributed by atoms with Crippen molar-refractivity contribution in [3.8, 4) is 0 Å². The van der Waals surface area contributed by atoms with Gasteiger partial charge < -0.3 is 9.80 Å². The molecule has 0 radical (unpaired) electrons. The number of pyridine rings is 1. The third-order valence-electron chi connectivity index (χ3n) is 5.08. The van der Waals surface area contributed by atoms with Gasteiger partial charge in [-0.2, -0.15) is 4.98 Å². The maximum atomic E-state index is 4.84. The van der Waals surface area contributed by atoms with Crippen molar-refractivity contribution in [1.82, 2.24) is 19.9 Å². The predicted molar refractivity (Wildman–Crippen MR) is 99.8 cm³/mol. The first-order chi connectivity index (χ1) is 12.4. The highest BCUT2D eigenvalue weighted by molar-refractivity contribution is 5.44. The van der Waals surface area contributed by atoms with Crippen LogP contribution in [0.1, 0.15) is 25.0 Å². The SMILES string of the molecule is c1ccc(CN2CCN(c3nccc(N4CCCCC4)n3)CC2)nc1. The molecule has 132 valence electrons. The summed E-state index contributed by atoms with van der Waals surface area (Å²) in [5.74, 6) is 1.96. The molecule has 6 heteroatoms. The van der Waals surface area contributed by atoms with Crippen molar-refractivity contribution in [1.29, 1.82) is 0 Å². The van der Waals surface area contributed by atoms with Crippen LogP contribution in [-0.2, 0) is 6.54 Å². The maximum Gasteiger partial charge on any atom is 0.227 e. The Kier molecular flexibility index (Phi) is 5.06. The van der Waals surface area contributed by atoms with E-state index in [-0.39, 0.29) is 0 Å². The van der Waals surface area contributed by atoms with Crippen LogP contribution in [0.3, 0.4) is 0 Å². The van der Waals surface area contributed by atoms with Gasteiger partial charge in [-0.3, -0.25) is 9.88 Å². The molecular formula is C19H26N6. The Balaban J connectivity index is 1.36. The molecule has 4 rings (SSSR count). The predicted octanol–water partition coefficient (Wildman–Crippen LogP) is 2.18. The Morgan fingerprint density at radius 2 is 1.60 bits per heavy atom. The van der Waals surface area contributed by atoms with Gasteiger partial charge in [-0.1, -0.05) is 6.07 Å². The molecule has 0 spiro atoms. The van der Waals surface area contributed by atoms with Crippen LogP contribution in [0.2, 0.25) is 0 Å². The van der Waals surface area contributed by atoms with Gasteiger partial charge in [-0.25, -0.2) is 4.98 Å². The van der Waals surface area contributed by atoms with E-state index in [1.807, 2.05) is 24.5 Å². The molecule has 0 unspecified atom stereocenters. The molecule has 0 bridgehead atoms. The van der Waals surface area contributed by atoms with Crippen LogP contribution in [0.5, 0.6) is 0 Å². The van der Waals surface area contributed by atoms with Gasteiger partial charge in [0.15, 0.2) is 0 Å². The standard InChI is InChI=1S/C19H26N6/c1-4-10-24(11-5-1)18-7-9-21-19(22-18)25-14-12-23(13-15-25)16-17-6-2-3-8-20-17/h2-3,6-9H,1,4-5,10-16H2. The van der Waals surface area contributed by atoms with Gasteiger partial charge in [0.1, 0.15) is 5.82 Å². The summed E-state index contributed by atoms with van der Waals surface area (Å²) in [6.07, 6.45) is 7.65. The van der Waals surface area contributed by atoms with E-state index in [0.29, 0.717) is 0 Å². The molecule has 0 aromatic carbocycles. The summed E-state index contributed by atoms with van der Waals surface area (Å²) < 4.78 is 0. The Morgan fingerprint density at radius 1 is 0.760 bits per heavy atom. The zero-order valence-corrected chi connectivity index (χ0v) is 14.7. The van der Waals surface area contributed by atoms with E-state index in [1.54, 1.807) is 0 Å². The average molecular weight is 338 g/mol. The topological polar surface area (TPSA) is 48.4 Å². The van der Waals surface area contributed by atoms with Crippen molar-refractivity contribution < 1.29 is 0 Å². The van der Waals surface area contributed by atoms with Crippen LogP contribution in [0.25, 0.3) is 0 Å². The summed E-state index contributed by atoms with van der Waals surface area (Å²) in [7, 11) is 0. The fraction of sp³-hybridized carbons (Fsp3) is 0.526. The van der Waals surface area contributed by atoms with Gasteiger partial charge in [0.25, 0.3) is 0 Å². The van der Waals surface area contributed by atoms with Gasteiger partial charge >= 0.3 is 0 Å². The Hall–Kier alpha value is -2.21. The lowest BCUT2D eigenvalue weighted by atomic mass is 10.1. The fourth-order valence-electron chi connectivity index (χ4n) is 3.62. The van der Waals surface area contributed by atoms with Crippen LogP contribution in [0.15, 0.2) is 36.7 Å². The monoisotopic (exact) mass is 338 g/mol. The molecule has 2 aliphatic heterocycles. The van der Waals surface area contributed by atoms with E-state index < -0.39 is 0 Å². The van der Waals surface area contributed by atoms with E-state index in [9.17, 15) is 0 Å². The van der Waals surface area contributed by atoms with E-state index in [2.05, 4.69) is 36.8 Å². The first-order valence-electron chi connectivity index (χ1n) is 9.34. The van der Waals surface area contributed by atoms with Crippen molar-refractivity contribution in [3.05, 3.63) is 42.4 Å². The average Bonchev–Trinajstić information content (AvgIpc) is 2.70. The smallest absolute Gasteiger partial charge is 0.227 e. The Bertz CT molecular complexity index is 663. The van der Waals surface area contributed by atoms with Crippen LogP contribution >= 0.6 is 0 Å². The molecule has 25 heavy (non-hydrogen) atoms. The molecule has 2 aromatic heterocycles. The molecule has 0 aliphatic carbocycles. The lowest BCUT2D eigenvalue weighted by Gasteiger charge is -2.35. The molecular weight excluding hydrogens is 312 g/mol. The van der Waals surface area contributed by atoms with E-state index in [1.165, 1.54) is 19.3 Å². The fourth-order valence-corrected chi connectivity index (χ4v) is 3.62. The zero-order chi connectivity index (χ0) is 16.9. The number of anilines is 2. The summed E-state index contributed by atoms with van der Waals surface area (Å²) in [6, 6.07) is 8.16. The Labute approximate surface area is 149 Å². The molecule has 0 atom stereocenters. The lowest BCUT2D eigenvalue weighted by Crippen LogP contribution is -2.46. The number of nitrogens with zero attached hydrogens (tertiary/aromatic N) is 6. The highest BCUT2D eigenvalue weighted by Gasteiger charge is 2.20. The highest BCUT2D eigenvalue weighted by Crippen LogP contribution is 2.20. The number of piperazine rings is 1. The second kappa shape index (κ2) is 7.78. The second-order valence-corrected chi connectivity index (χ2v) is 6.85. The van der Waals surface area contributed by atoms with Gasteiger partial charge in [-0.15, -0.1) is 0 Å². The summed E-state index contributed by atoms with van der Waals surface area (Å²) in [6.45, 7) is 7.14. The number of hydrogen-bond donors (Lipinski definition) is 0. The lowest BCUT2D eigenvalue weighted by molar-refractivity contribution is 0.246. The van der Waals surface area contributed by atoms with Gasteiger partial charge in [0.2, 0.25) is 5.95 Å². The van der Waals surface area contributed by atoms with Crippen molar-refractivity contribution >= 4 is 11.8 Å². The van der Waals surface area contributed by atoms with Crippen molar-refractivity contribution in [2.24, 2.45) is 0 Å². The largest absolute Gasteiger partial charge is 0.356 e. The molecule has 0 saturated carbocycles. The minimum absolute atomic E-state index is 0.876. The minimum Gasteiger partial charge on any atom is -0.356 e. The van der Waals surface area contributed by atoms with E-state index in [0.717, 1.165) is 63.3 Å². The first kappa shape index (κ1) is 16.3. The Morgan fingerprint density at radius 3 is 2.36 bits per heavy atom. The summed E-state index contributed by atoms with van der Waals surface area (Å²) in [4.78, 5) is 20.9. The van der Waals surface area contributed by atoms with Crippen LogP contribution < -0.4 is 9.80 Å². The van der Waals surface area contributed by atoms with Crippen molar-refractivity contribution in [2.45, 2.75) is 25.8 Å². The zero-order valence-electron chi connectivity index (χ0n) is 14.7. The molecule has 6 nitrogen and oxygen atoms in total. The van der Waals surface area contributed by atoms with Crippen LogP contribution in [-0.4, -0.2) is 59.1 Å². The van der Waals surface area contributed by atoms with Crippen LogP contribution in [0.4, 0.5) is 11.8 Å². The molecule has 2 saturated heterocycles. The van der Waals surface area contributed by atoms with Crippen molar-refractivity contribution in [3.63, 3.8) is 0 Å². The minimum atomic E-state index is 0.876. The summed E-state index contributed by atoms with van der Waals surface area (Å²) in [5, 5.41) is 0. The third kappa shape index (κ3) is 4.07. The quantitative estimate of drug-likeness (QED) is 0.852. The first-order valence-corrected chi connectivity index (χ1v) is 9.34. The molecule has 2 fully saturated rings. The number of hydrogen-bond acceptors (Lipinski definition) is 6. The molecule has 2 aromatic rings. The number of rotatable bonds is 4. The highest BCUT2D eigenvalue weighted by atomic mass is 15.3. The molecule has 4 heterocycles. The van der Waals surface area contributed by atoms with E-state index >= 15 is 0 Å². The molecule has 0 N–H and O–H groups in total. The summed E-state index contributed by atoms with van der Waals surface area (Å²) in [5.41, 5.74) is 1.14. The molecule has 0 amide bonds. The summed E-state index contributed by atoms with van der Waals surface area (Å²) >= 11 is 0. The van der Waals surface area contributed by atoms with Crippen LogP contribution in [0, 0.1) is 0 Å². The van der Waals surface area contributed by atoms with Gasteiger partial charge in [0, 0.05) is 58.2 Å².